The molecule has 2 aromatic rings. The highest BCUT2D eigenvalue weighted by atomic mass is 16.3. The van der Waals surface area contributed by atoms with Crippen LogP contribution in [0.15, 0.2) is 98.1 Å². The highest BCUT2D eigenvalue weighted by molar-refractivity contribution is 5.28. The van der Waals surface area contributed by atoms with Crippen molar-refractivity contribution in [2.45, 2.75) is 18.1 Å². The molecule has 0 unspecified atom stereocenters. The summed E-state index contributed by atoms with van der Waals surface area (Å²) in [6.45, 7) is 8.16. The quantitative estimate of drug-likeness (QED) is 0.678. The zero-order chi connectivity index (χ0) is 17.3. The van der Waals surface area contributed by atoms with Crippen LogP contribution in [0, 0.1) is 0 Å². The molecule has 124 valence electrons. The molecule has 0 fully saturated rings. The lowest BCUT2D eigenvalue weighted by atomic mass is 9.88. The van der Waals surface area contributed by atoms with Gasteiger partial charge >= 0.3 is 0 Å². The third kappa shape index (κ3) is 4.79. The monoisotopic (exact) mass is 319 g/mol. The first-order valence-corrected chi connectivity index (χ1v) is 8.16. The average molecular weight is 319 g/mol. The van der Waals surface area contributed by atoms with Crippen LogP contribution in [0.5, 0.6) is 0 Å². The van der Waals surface area contributed by atoms with Crippen molar-refractivity contribution < 1.29 is 5.11 Å². The second kappa shape index (κ2) is 9.02. The van der Waals surface area contributed by atoms with Crippen LogP contribution >= 0.6 is 0 Å². The number of nitrogens with one attached hydrogen (secondary N) is 1. The van der Waals surface area contributed by atoms with Gasteiger partial charge in [-0.05, 0) is 17.5 Å². The Balaban J connectivity index is 2.01. The van der Waals surface area contributed by atoms with Gasteiger partial charge in [-0.3, -0.25) is 0 Å². The van der Waals surface area contributed by atoms with Crippen LogP contribution in [0.2, 0.25) is 0 Å². The number of hydrogen-bond donors (Lipinski definition) is 2. The zero-order valence-electron chi connectivity index (χ0n) is 13.9. The highest BCUT2D eigenvalue weighted by Gasteiger charge is 2.31. The number of aliphatic hydroxyl groups is 1. The van der Waals surface area contributed by atoms with E-state index in [0.717, 1.165) is 12.0 Å². The summed E-state index contributed by atoms with van der Waals surface area (Å²) in [5.41, 5.74) is 1.08. The van der Waals surface area contributed by atoms with Gasteiger partial charge in [0.05, 0.1) is 6.04 Å². The maximum atomic E-state index is 10.8. The van der Waals surface area contributed by atoms with Gasteiger partial charge < -0.3 is 10.4 Å². The van der Waals surface area contributed by atoms with Crippen LogP contribution in [0.1, 0.15) is 17.2 Å². The lowest BCUT2D eigenvalue weighted by molar-refractivity contribution is 0.0975. The molecular formula is C22H25NO. The van der Waals surface area contributed by atoms with E-state index in [9.17, 15) is 5.11 Å². The van der Waals surface area contributed by atoms with Gasteiger partial charge in [0, 0.05) is 6.54 Å². The molecule has 0 heterocycles. The fourth-order valence-corrected chi connectivity index (χ4v) is 2.62. The summed E-state index contributed by atoms with van der Waals surface area (Å²) in [4.78, 5) is 0. The molecule has 0 aromatic heterocycles. The van der Waals surface area contributed by atoms with Gasteiger partial charge in [0.2, 0.25) is 0 Å². The molecule has 0 saturated carbocycles. The topological polar surface area (TPSA) is 32.3 Å². The van der Waals surface area contributed by atoms with Gasteiger partial charge in [-0.1, -0.05) is 98.1 Å². The number of allylic oxidation sites excluding steroid dienone is 1. The summed E-state index contributed by atoms with van der Waals surface area (Å²) in [5.74, 6) is 0. The Morgan fingerprint density at radius 1 is 0.917 bits per heavy atom. The zero-order valence-corrected chi connectivity index (χ0v) is 13.9. The summed E-state index contributed by atoms with van der Waals surface area (Å²) in [6, 6.07) is 19.9. The summed E-state index contributed by atoms with van der Waals surface area (Å²) < 4.78 is 0. The van der Waals surface area contributed by atoms with Gasteiger partial charge in [0.15, 0.2) is 0 Å². The Kier molecular flexibility index (Phi) is 6.74. The largest absolute Gasteiger partial charge is 0.380 e. The first-order chi connectivity index (χ1) is 11.7. The molecule has 0 saturated heterocycles. The van der Waals surface area contributed by atoms with Crippen molar-refractivity contribution >= 4 is 0 Å². The lowest BCUT2D eigenvalue weighted by Gasteiger charge is -2.32. The van der Waals surface area contributed by atoms with Crippen molar-refractivity contribution in [1.82, 2.24) is 5.32 Å². The van der Waals surface area contributed by atoms with E-state index in [1.807, 2.05) is 48.5 Å². The minimum atomic E-state index is -1.20. The highest BCUT2D eigenvalue weighted by Crippen LogP contribution is 2.28. The van der Waals surface area contributed by atoms with Crippen molar-refractivity contribution in [1.29, 1.82) is 0 Å². The van der Waals surface area contributed by atoms with E-state index in [2.05, 4.69) is 42.8 Å². The van der Waals surface area contributed by atoms with E-state index in [1.54, 1.807) is 0 Å². The molecule has 0 bridgehead atoms. The average Bonchev–Trinajstić information content (AvgIpc) is 2.65. The molecule has 0 aliphatic heterocycles. The maximum Gasteiger partial charge on any atom is 0.120 e. The molecule has 24 heavy (non-hydrogen) atoms. The van der Waals surface area contributed by atoms with Crippen molar-refractivity contribution in [2.75, 3.05) is 6.54 Å². The molecular weight excluding hydrogens is 294 g/mol. The first kappa shape index (κ1) is 17.9. The van der Waals surface area contributed by atoms with Gasteiger partial charge in [-0.15, -0.1) is 0 Å². The molecule has 0 amide bonds. The summed E-state index contributed by atoms with van der Waals surface area (Å²) >= 11 is 0. The Bertz CT molecular complexity index is 653. The van der Waals surface area contributed by atoms with Crippen LogP contribution in [-0.2, 0) is 6.42 Å². The fourth-order valence-electron chi connectivity index (χ4n) is 2.62. The molecule has 0 aliphatic rings. The number of hydrogen-bond acceptors (Lipinski definition) is 2. The van der Waals surface area contributed by atoms with Crippen LogP contribution in [0.3, 0.4) is 0 Å². The van der Waals surface area contributed by atoms with Gasteiger partial charge in [-0.2, -0.15) is 0 Å². The minimum absolute atomic E-state index is 0.296. The number of rotatable bonds is 9. The van der Waals surface area contributed by atoms with E-state index in [1.165, 1.54) is 17.7 Å². The van der Waals surface area contributed by atoms with E-state index < -0.39 is 5.60 Å². The lowest BCUT2D eigenvalue weighted by Crippen LogP contribution is -2.41. The van der Waals surface area contributed by atoms with E-state index in [0.29, 0.717) is 6.54 Å². The molecule has 2 rings (SSSR count). The van der Waals surface area contributed by atoms with Gasteiger partial charge in [-0.25, -0.2) is 0 Å². The van der Waals surface area contributed by atoms with Crippen molar-refractivity contribution in [3.8, 4) is 0 Å². The maximum absolute atomic E-state index is 10.8. The molecule has 2 nitrogen and oxygen atoms in total. The molecule has 2 N–H and O–H groups in total. The molecule has 2 heteroatoms. The molecule has 0 spiro atoms. The Hall–Kier alpha value is -2.42. The van der Waals surface area contributed by atoms with Crippen LogP contribution in [0.4, 0.5) is 0 Å². The third-order valence-electron chi connectivity index (χ3n) is 4.05. The normalized spacial score (nSPS) is 12.9. The predicted octanol–water partition coefficient (Wildman–Crippen LogP) is 4.22. The van der Waals surface area contributed by atoms with Crippen LogP contribution < -0.4 is 5.32 Å². The van der Waals surface area contributed by atoms with Crippen LogP contribution in [0.25, 0.3) is 0 Å². The van der Waals surface area contributed by atoms with Gasteiger partial charge in [0.1, 0.15) is 5.60 Å². The fraction of sp³-hybridized carbons (Fsp3) is 0.182. The molecule has 0 radical (unpaired) electrons. The van der Waals surface area contributed by atoms with E-state index in [4.69, 9.17) is 0 Å². The third-order valence-corrected chi connectivity index (χ3v) is 4.05. The standard InChI is InChI=1S/C22H25NO/c1-3-22(24,4-2)21(20-16-9-6-10-17-20)23-18-12-11-15-19-13-7-5-8-14-19/h3-14,16-17,21,23-24H,1-2,15,18H2/t21-/m0/s1. The smallest absolute Gasteiger partial charge is 0.120 e. The van der Waals surface area contributed by atoms with E-state index in [-0.39, 0.29) is 6.04 Å². The number of benzene rings is 2. The molecule has 1 atom stereocenters. The Morgan fingerprint density at radius 2 is 1.50 bits per heavy atom. The van der Waals surface area contributed by atoms with Crippen LogP contribution in [-0.4, -0.2) is 17.3 Å². The summed E-state index contributed by atoms with van der Waals surface area (Å²) in [6.07, 6.45) is 8.16. The molecule has 0 aliphatic carbocycles. The summed E-state index contributed by atoms with van der Waals surface area (Å²) in [5, 5.41) is 14.1. The second-order valence-corrected chi connectivity index (χ2v) is 5.71. The first-order valence-electron chi connectivity index (χ1n) is 8.16. The van der Waals surface area contributed by atoms with Gasteiger partial charge in [0.25, 0.3) is 0 Å². The summed E-state index contributed by atoms with van der Waals surface area (Å²) in [7, 11) is 0. The van der Waals surface area contributed by atoms with Crippen molar-refractivity contribution in [3.05, 3.63) is 109 Å². The Morgan fingerprint density at radius 3 is 2.08 bits per heavy atom. The SMILES string of the molecule is C=CC(O)(C=C)[C@@H](NCC=CCc1ccccc1)c1ccccc1. The Labute approximate surface area is 144 Å². The second-order valence-electron chi connectivity index (χ2n) is 5.71. The van der Waals surface area contributed by atoms with Crippen molar-refractivity contribution in [3.63, 3.8) is 0 Å². The predicted molar refractivity (Wildman–Crippen MR) is 102 cm³/mol. The molecule has 2 aromatic carbocycles. The minimum Gasteiger partial charge on any atom is -0.380 e. The van der Waals surface area contributed by atoms with Crippen molar-refractivity contribution in [2.24, 2.45) is 0 Å². The van der Waals surface area contributed by atoms with E-state index >= 15 is 0 Å².